The first-order valence-corrected chi connectivity index (χ1v) is 10.9. The summed E-state index contributed by atoms with van der Waals surface area (Å²) >= 11 is 0. The van der Waals surface area contributed by atoms with Gasteiger partial charge in [-0.3, -0.25) is 4.79 Å². The Hall–Kier alpha value is -0.610. The molecule has 4 heteroatoms. The van der Waals surface area contributed by atoms with E-state index in [0.717, 1.165) is 26.1 Å². The number of rotatable bonds is 2. The molecule has 146 valence electrons. The molecular formula is C22H35NO3. The maximum absolute atomic E-state index is 12.8. The molecule has 3 saturated heterocycles. The van der Waals surface area contributed by atoms with Crippen LogP contribution in [0.2, 0.25) is 0 Å². The Balaban J connectivity index is 1.38. The van der Waals surface area contributed by atoms with Gasteiger partial charge < -0.3 is 14.4 Å². The van der Waals surface area contributed by atoms with Crippen molar-refractivity contribution in [3.05, 3.63) is 0 Å². The van der Waals surface area contributed by atoms with Crippen LogP contribution in [-0.2, 0) is 14.3 Å². The summed E-state index contributed by atoms with van der Waals surface area (Å²) in [6, 6.07) is 0. The van der Waals surface area contributed by atoms with Gasteiger partial charge in [0.15, 0.2) is 0 Å². The second-order valence-corrected chi connectivity index (χ2v) is 11.1. The van der Waals surface area contributed by atoms with E-state index in [-0.39, 0.29) is 41.0 Å². The predicted molar refractivity (Wildman–Crippen MR) is 99.7 cm³/mol. The van der Waals surface area contributed by atoms with E-state index in [0.29, 0.717) is 11.3 Å². The van der Waals surface area contributed by atoms with E-state index in [1.807, 2.05) is 0 Å². The van der Waals surface area contributed by atoms with Gasteiger partial charge in [-0.1, -0.05) is 34.1 Å². The van der Waals surface area contributed by atoms with Crippen LogP contribution in [0, 0.1) is 28.6 Å². The number of likely N-dealkylation sites (tertiary alicyclic amines) is 1. The molecule has 0 aromatic carbocycles. The predicted octanol–water partition coefficient (Wildman–Crippen LogP) is 3.63. The molecule has 0 aromatic heterocycles. The summed E-state index contributed by atoms with van der Waals surface area (Å²) in [5, 5.41) is 0. The van der Waals surface area contributed by atoms with E-state index in [2.05, 4.69) is 32.6 Å². The Morgan fingerprint density at radius 3 is 2.77 bits per heavy atom. The van der Waals surface area contributed by atoms with Crippen LogP contribution >= 0.6 is 0 Å². The van der Waals surface area contributed by atoms with E-state index in [9.17, 15) is 4.79 Å². The van der Waals surface area contributed by atoms with Crippen LogP contribution in [0.4, 0.5) is 0 Å². The Morgan fingerprint density at radius 2 is 2.00 bits per heavy atom. The van der Waals surface area contributed by atoms with Crippen LogP contribution in [0.25, 0.3) is 0 Å². The molecule has 4 nitrogen and oxygen atoms in total. The van der Waals surface area contributed by atoms with Crippen molar-refractivity contribution in [2.45, 2.75) is 84.0 Å². The number of fused-ring (bicyclic) bond motifs is 2. The highest BCUT2D eigenvalue weighted by atomic mass is 16.6. The van der Waals surface area contributed by atoms with Gasteiger partial charge in [-0.15, -0.1) is 0 Å². The molecule has 0 amide bonds. The summed E-state index contributed by atoms with van der Waals surface area (Å²) < 4.78 is 12.5. The fourth-order valence-electron chi connectivity index (χ4n) is 7.42. The van der Waals surface area contributed by atoms with E-state index >= 15 is 0 Å². The zero-order valence-corrected chi connectivity index (χ0v) is 16.9. The fourth-order valence-corrected chi connectivity index (χ4v) is 7.42. The Labute approximate surface area is 158 Å². The first kappa shape index (κ1) is 17.5. The van der Waals surface area contributed by atoms with Gasteiger partial charge in [0.05, 0.1) is 12.0 Å². The molecule has 5 rings (SSSR count). The minimum absolute atomic E-state index is 0.0111. The quantitative estimate of drug-likeness (QED) is 0.556. The summed E-state index contributed by atoms with van der Waals surface area (Å²) in [6.45, 7) is 12.6. The molecule has 5 fully saturated rings. The van der Waals surface area contributed by atoms with Crippen LogP contribution in [0.1, 0.15) is 66.2 Å². The number of carbonyl (C=O) groups is 1. The number of ether oxygens (including phenoxy) is 2. The van der Waals surface area contributed by atoms with E-state index in [4.69, 9.17) is 9.47 Å². The van der Waals surface area contributed by atoms with E-state index in [1.54, 1.807) is 0 Å². The smallest absolute Gasteiger partial charge is 0.311 e. The molecular weight excluding hydrogens is 326 g/mol. The van der Waals surface area contributed by atoms with Crippen molar-refractivity contribution in [1.29, 1.82) is 0 Å². The molecule has 0 radical (unpaired) electrons. The van der Waals surface area contributed by atoms with Gasteiger partial charge in [-0.25, -0.2) is 0 Å². The van der Waals surface area contributed by atoms with Gasteiger partial charge in [0.2, 0.25) is 0 Å². The molecule has 0 bridgehead atoms. The number of nitrogens with zero attached hydrogens (tertiary/aromatic N) is 1. The summed E-state index contributed by atoms with van der Waals surface area (Å²) in [4.78, 5) is 15.3. The van der Waals surface area contributed by atoms with Crippen LogP contribution in [0.3, 0.4) is 0 Å². The molecule has 2 saturated carbocycles. The minimum atomic E-state index is 0.0111. The molecule has 2 aliphatic carbocycles. The average molecular weight is 362 g/mol. The number of hydrogen-bond donors (Lipinski definition) is 0. The maximum Gasteiger partial charge on any atom is 0.311 e. The summed E-state index contributed by atoms with van der Waals surface area (Å²) in [6.07, 6.45) is 7.64. The van der Waals surface area contributed by atoms with Crippen molar-refractivity contribution < 1.29 is 14.3 Å². The van der Waals surface area contributed by atoms with Crippen LogP contribution in [0.15, 0.2) is 0 Å². The van der Waals surface area contributed by atoms with Crippen LogP contribution in [0.5, 0.6) is 0 Å². The second kappa shape index (κ2) is 5.47. The standard InChI is InChI=1S/C22H35NO3/c1-14-7-5-9-21(4)11-16-17(18-22(14,21)26-18)15(19(24)25-16)12-23-10-6-8-20(2,3)13-23/h14-18H,5-13H2,1-4H3/t14-,15+,16+,17+,18+,21+,22-/m0/s1. The number of esters is 1. The Morgan fingerprint density at radius 1 is 1.19 bits per heavy atom. The lowest BCUT2D eigenvalue weighted by molar-refractivity contribution is -0.146. The number of hydrogen-bond acceptors (Lipinski definition) is 4. The molecule has 3 aliphatic heterocycles. The summed E-state index contributed by atoms with van der Waals surface area (Å²) in [7, 11) is 0. The minimum Gasteiger partial charge on any atom is -0.462 e. The molecule has 1 spiro atoms. The third kappa shape index (κ3) is 2.30. The molecule has 0 aromatic rings. The lowest BCUT2D eigenvalue weighted by Crippen LogP contribution is -2.55. The van der Waals surface area contributed by atoms with Gasteiger partial charge in [-0.05, 0) is 50.0 Å². The van der Waals surface area contributed by atoms with Gasteiger partial charge in [0.25, 0.3) is 0 Å². The molecule has 7 atom stereocenters. The first-order chi connectivity index (χ1) is 12.3. The number of carbonyl (C=O) groups excluding carboxylic acids is 1. The molecule has 3 heterocycles. The Kier molecular flexibility index (Phi) is 3.68. The van der Waals surface area contributed by atoms with Crippen molar-refractivity contribution >= 4 is 5.97 Å². The van der Waals surface area contributed by atoms with Crippen LogP contribution in [-0.4, -0.2) is 48.3 Å². The van der Waals surface area contributed by atoms with Crippen molar-refractivity contribution in [2.75, 3.05) is 19.6 Å². The highest BCUT2D eigenvalue weighted by Gasteiger charge is 2.78. The second-order valence-electron chi connectivity index (χ2n) is 11.1. The third-order valence-electron chi connectivity index (χ3n) is 8.63. The van der Waals surface area contributed by atoms with E-state index in [1.165, 1.54) is 32.1 Å². The first-order valence-electron chi connectivity index (χ1n) is 10.9. The Bertz CT molecular complexity index is 619. The highest BCUT2D eigenvalue weighted by molar-refractivity contribution is 5.76. The third-order valence-corrected chi connectivity index (χ3v) is 8.63. The summed E-state index contributed by atoms with van der Waals surface area (Å²) in [5.41, 5.74) is 0.582. The number of piperidine rings is 1. The summed E-state index contributed by atoms with van der Waals surface area (Å²) in [5.74, 6) is 0.944. The highest BCUT2D eigenvalue weighted by Crippen LogP contribution is 2.70. The largest absolute Gasteiger partial charge is 0.462 e. The zero-order valence-electron chi connectivity index (χ0n) is 16.9. The van der Waals surface area contributed by atoms with Gasteiger partial charge in [0.1, 0.15) is 11.7 Å². The van der Waals surface area contributed by atoms with Crippen molar-refractivity contribution in [3.8, 4) is 0 Å². The van der Waals surface area contributed by atoms with Gasteiger partial charge >= 0.3 is 5.97 Å². The topological polar surface area (TPSA) is 42.1 Å². The normalized spacial score (nSPS) is 52.6. The van der Waals surface area contributed by atoms with Crippen LogP contribution < -0.4 is 0 Å². The van der Waals surface area contributed by atoms with Crippen molar-refractivity contribution in [2.24, 2.45) is 28.6 Å². The lowest BCUT2D eigenvalue weighted by Gasteiger charge is -2.49. The molecule has 26 heavy (non-hydrogen) atoms. The molecule has 0 N–H and O–H groups in total. The SMILES string of the molecule is C[C@H]1CCC[C@]2(C)C[C@H]3OC(=O)[C@H](CN4CCCC(C)(C)C4)[C@H]3[C@H]3O[C@]312. The average Bonchev–Trinajstić information content (AvgIpc) is 3.22. The molecule has 0 unspecified atom stereocenters. The lowest BCUT2D eigenvalue weighted by atomic mass is 9.53. The fraction of sp³-hybridized carbons (Fsp3) is 0.955. The van der Waals surface area contributed by atoms with Crippen molar-refractivity contribution in [1.82, 2.24) is 4.90 Å². The number of epoxide rings is 1. The van der Waals surface area contributed by atoms with Crippen molar-refractivity contribution in [3.63, 3.8) is 0 Å². The maximum atomic E-state index is 12.8. The molecule has 5 aliphatic rings. The monoisotopic (exact) mass is 361 g/mol. The van der Waals surface area contributed by atoms with Gasteiger partial charge in [-0.2, -0.15) is 0 Å². The van der Waals surface area contributed by atoms with E-state index < -0.39 is 0 Å². The van der Waals surface area contributed by atoms with Gasteiger partial charge in [0, 0.05) is 24.4 Å². The zero-order chi connectivity index (χ0) is 18.3.